The van der Waals surface area contributed by atoms with Crippen LogP contribution in [0, 0.1) is 0 Å². The second-order valence-corrected chi connectivity index (χ2v) is 9.65. The summed E-state index contributed by atoms with van der Waals surface area (Å²) < 4.78 is 0. The number of carbonyl (C=O) groups is 3. The molecule has 1 heterocycles. The first-order chi connectivity index (χ1) is 19.4. The lowest BCUT2D eigenvalue weighted by Crippen LogP contribution is -2.52. The van der Waals surface area contributed by atoms with Gasteiger partial charge in [0.15, 0.2) is 0 Å². The quantitative estimate of drug-likeness (QED) is 0.374. The molecule has 40 heavy (non-hydrogen) atoms. The van der Waals surface area contributed by atoms with E-state index in [-0.39, 0.29) is 11.8 Å². The van der Waals surface area contributed by atoms with Crippen LogP contribution in [0.25, 0.3) is 0 Å². The normalized spacial score (nSPS) is 15.5. The second kappa shape index (κ2) is 11.8. The fraction of sp³-hybridized carbons (Fsp3) is 0.152. The first-order valence-corrected chi connectivity index (χ1v) is 13.1. The minimum atomic E-state index is -1.17. The number of benzene rings is 4. The molecule has 1 aliphatic rings. The molecule has 1 aliphatic heterocycles. The molecule has 0 aromatic heterocycles. The maximum atomic E-state index is 13.5. The highest BCUT2D eigenvalue weighted by Gasteiger charge is 2.33. The lowest BCUT2D eigenvalue weighted by Gasteiger charge is -2.23. The molecule has 0 spiro atoms. The summed E-state index contributed by atoms with van der Waals surface area (Å²) in [5.41, 5.74) is 4.54. The van der Waals surface area contributed by atoms with Gasteiger partial charge in [0.05, 0.1) is 17.3 Å². The van der Waals surface area contributed by atoms with E-state index in [1.54, 1.807) is 14.0 Å². The van der Waals surface area contributed by atoms with Crippen molar-refractivity contribution in [3.63, 3.8) is 0 Å². The van der Waals surface area contributed by atoms with E-state index in [0.29, 0.717) is 11.4 Å². The molecule has 0 aliphatic carbocycles. The molecule has 7 nitrogen and oxygen atoms in total. The molecule has 0 saturated carbocycles. The lowest BCUT2D eigenvalue weighted by atomic mass is 9.90. The Kier molecular flexibility index (Phi) is 7.82. The zero-order valence-electron chi connectivity index (χ0n) is 22.3. The number of likely N-dealkylation sites (N-methyl/N-ethyl adjacent to an activating group) is 1. The van der Waals surface area contributed by atoms with Gasteiger partial charge in [-0.1, -0.05) is 109 Å². The van der Waals surface area contributed by atoms with Crippen LogP contribution in [-0.4, -0.2) is 42.7 Å². The number of carbonyl (C=O) groups excluding carboxylic acids is 3. The highest BCUT2D eigenvalue weighted by Crippen LogP contribution is 2.27. The van der Waals surface area contributed by atoms with Crippen molar-refractivity contribution in [1.29, 1.82) is 0 Å². The average Bonchev–Trinajstić information content (AvgIpc) is 3.09. The molecule has 0 bridgehead atoms. The van der Waals surface area contributed by atoms with Crippen LogP contribution < -0.4 is 15.5 Å². The van der Waals surface area contributed by atoms with Gasteiger partial charge < -0.3 is 15.5 Å². The Bertz CT molecular complexity index is 1500. The molecular weight excluding hydrogens is 500 g/mol. The lowest BCUT2D eigenvalue weighted by molar-refractivity contribution is -0.131. The summed E-state index contributed by atoms with van der Waals surface area (Å²) in [5, 5.41) is 5.61. The third-order valence-electron chi connectivity index (χ3n) is 6.95. The third-order valence-corrected chi connectivity index (χ3v) is 6.95. The van der Waals surface area contributed by atoms with E-state index in [4.69, 9.17) is 4.99 Å². The van der Waals surface area contributed by atoms with Crippen LogP contribution >= 0.6 is 0 Å². The number of anilines is 1. The number of amides is 3. The number of hydrogen-bond acceptors (Lipinski definition) is 4. The van der Waals surface area contributed by atoms with Gasteiger partial charge in [-0.25, -0.2) is 4.99 Å². The number of aliphatic imine (C=N–C) groups is 1. The standard InChI is InChI=1S/C33H30N4O3/c1-22(34-32(39)28(23-14-6-3-7-15-23)24-16-8-4-9-17-24)31(38)36-30-33(40)37(2)27-21-13-12-20-26(27)29(35-30)25-18-10-5-11-19-25/h3-22,28,30H,1-2H3,(H,34,39)(H,36,38)/t22-,30?/m0/s1. The van der Waals surface area contributed by atoms with Crippen molar-refractivity contribution >= 4 is 29.1 Å². The number of fused-ring (bicyclic) bond motifs is 1. The van der Waals surface area contributed by atoms with Crippen LogP contribution in [0.5, 0.6) is 0 Å². The van der Waals surface area contributed by atoms with Crippen molar-refractivity contribution < 1.29 is 14.4 Å². The van der Waals surface area contributed by atoms with Crippen molar-refractivity contribution in [2.75, 3.05) is 11.9 Å². The maximum absolute atomic E-state index is 13.5. The molecule has 0 saturated heterocycles. The Morgan fingerprint density at radius 1 is 0.750 bits per heavy atom. The SMILES string of the molecule is C[C@H](NC(=O)C(c1ccccc1)c1ccccc1)C(=O)NC1N=C(c2ccccc2)c2ccccc2N(C)C1=O. The number of para-hydroxylation sites is 1. The van der Waals surface area contributed by atoms with Crippen molar-refractivity contribution in [2.45, 2.75) is 25.0 Å². The van der Waals surface area contributed by atoms with E-state index >= 15 is 0 Å². The summed E-state index contributed by atoms with van der Waals surface area (Å²) in [7, 11) is 1.67. The Morgan fingerprint density at radius 2 is 1.27 bits per heavy atom. The Hall–Kier alpha value is -5.04. The average molecular weight is 531 g/mol. The summed E-state index contributed by atoms with van der Waals surface area (Å²) in [5.74, 6) is -1.80. The van der Waals surface area contributed by atoms with Gasteiger partial charge in [0.2, 0.25) is 18.0 Å². The Morgan fingerprint density at radius 3 is 1.88 bits per heavy atom. The molecule has 200 valence electrons. The van der Waals surface area contributed by atoms with Gasteiger partial charge in [0.1, 0.15) is 6.04 Å². The van der Waals surface area contributed by atoms with Crippen molar-refractivity contribution in [3.05, 3.63) is 138 Å². The largest absolute Gasteiger partial charge is 0.344 e. The van der Waals surface area contributed by atoms with E-state index in [1.807, 2.05) is 115 Å². The van der Waals surface area contributed by atoms with E-state index in [9.17, 15) is 14.4 Å². The minimum Gasteiger partial charge on any atom is -0.344 e. The fourth-order valence-electron chi connectivity index (χ4n) is 4.85. The van der Waals surface area contributed by atoms with Crippen LogP contribution in [-0.2, 0) is 14.4 Å². The summed E-state index contributed by atoms with van der Waals surface area (Å²) in [6.45, 7) is 1.60. The van der Waals surface area contributed by atoms with Crippen LogP contribution in [0.3, 0.4) is 0 Å². The van der Waals surface area contributed by atoms with E-state index in [1.165, 1.54) is 4.90 Å². The summed E-state index contributed by atoms with van der Waals surface area (Å²) >= 11 is 0. The van der Waals surface area contributed by atoms with Crippen LogP contribution in [0.4, 0.5) is 5.69 Å². The molecule has 4 aromatic carbocycles. The van der Waals surface area contributed by atoms with Gasteiger partial charge in [-0.3, -0.25) is 14.4 Å². The molecule has 5 rings (SSSR count). The molecular formula is C33H30N4O3. The zero-order valence-corrected chi connectivity index (χ0v) is 22.3. The molecule has 0 fully saturated rings. The summed E-state index contributed by atoms with van der Waals surface area (Å²) in [6, 6.07) is 35.0. The van der Waals surface area contributed by atoms with Crippen LogP contribution in [0.2, 0.25) is 0 Å². The molecule has 0 radical (unpaired) electrons. The van der Waals surface area contributed by atoms with Gasteiger partial charge in [0, 0.05) is 18.2 Å². The number of nitrogens with one attached hydrogen (secondary N) is 2. The molecule has 7 heteroatoms. The topological polar surface area (TPSA) is 90.9 Å². The molecule has 2 N–H and O–H groups in total. The van der Waals surface area contributed by atoms with E-state index < -0.39 is 24.0 Å². The number of benzodiazepines with no additional fused rings is 1. The highest BCUT2D eigenvalue weighted by molar-refractivity contribution is 6.20. The Balaban J connectivity index is 1.39. The molecule has 1 unspecified atom stereocenters. The van der Waals surface area contributed by atoms with Gasteiger partial charge in [-0.05, 0) is 24.1 Å². The van der Waals surface area contributed by atoms with Crippen molar-refractivity contribution in [1.82, 2.24) is 10.6 Å². The molecule has 2 atom stereocenters. The predicted molar refractivity (Wildman–Crippen MR) is 156 cm³/mol. The van der Waals surface area contributed by atoms with Crippen molar-refractivity contribution in [2.24, 2.45) is 4.99 Å². The number of rotatable bonds is 7. The molecule has 4 aromatic rings. The van der Waals surface area contributed by atoms with E-state index in [2.05, 4.69) is 10.6 Å². The van der Waals surface area contributed by atoms with Crippen molar-refractivity contribution in [3.8, 4) is 0 Å². The third kappa shape index (κ3) is 5.54. The summed E-state index contributed by atoms with van der Waals surface area (Å²) in [4.78, 5) is 46.6. The van der Waals surface area contributed by atoms with Crippen LogP contribution in [0.1, 0.15) is 35.1 Å². The van der Waals surface area contributed by atoms with E-state index in [0.717, 1.165) is 22.3 Å². The maximum Gasteiger partial charge on any atom is 0.272 e. The van der Waals surface area contributed by atoms with Gasteiger partial charge in [0.25, 0.3) is 5.91 Å². The van der Waals surface area contributed by atoms with Gasteiger partial charge >= 0.3 is 0 Å². The highest BCUT2D eigenvalue weighted by atomic mass is 16.2. The zero-order chi connectivity index (χ0) is 28.1. The predicted octanol–water partition coefficient (Wildman–Crippen LogP) is 4.28. The summed E-state index contributed by atoms with van der Waals surface area (Å²) in [6.07, 6.45) is -1.17. The molecule has 3 amide bonds. The van der Waals surface area contributed by atoms with Gasteiger partial charge in [-0.15, -0.1) is 0 Å². The van der Waals surface area contributed by atoms with Gasteiger partial charge in [-0.2, -0.15) is 0 Å². The number of nitrogens with zero attached hydrogens (tertiary/aromatic N) is 2. The Labute approximate surface area is 233 Å². The fourth-order valence-corrected chi connectivity index (χ4v) is 4.85. The van der Waals surface area contributed by atoms with Crippen LogP contribution in [0.15, 0.2) is 120 Å². The monoisotopic (exact) mass is 530 g/mol. The number of hydrogen-bond donors (Lipinski definition) is 2. The first-order valence-electron chi connectivity index (χ1n) is 13.1. The second-order valence-electron chi connectivity index (χ2n) is 9.65. The minimum absolute atomic E-state index is 0.315. The first kappa shape index (κ1) is 26.6. The smallest absolute Gasteiger partial charge is 0.272 e.